The minimum absolute atomic E-state index is 0.320. The van der Waals surface area contributed by atoms with Crippen LogP contribution in [0.4, 0.5) is 0 Å². The van der Waals surface area contributed by atoms with Gasteiger partial charge < -0.3 is 14.0 Å². The molecule has 2 aromatic rings. The topological polar surface area (TPSA) is 27.7 Å². The highest BCUT2D eigenvalue weighted by atomic mass is 16.7. The molecule has 136 valence electrons. The maximum Gasteiger partial charge on any atom is 0.494 e. The smallest absolute Gasteiger partial charge is 0.489 e. The first-order valence-corrected chi connectivity index (χ1v) is 9.51. The summed E-state index contributed by atoms with van der Waals surface area (Å²) in [5.74, 6) is 1.66. The van der Waals surface area contributed by atoms with Crippen LogP contribution in [0.25, 0.3) is 0 Å². The summed E-state index contributed by atoms with van der Waals surface area (Å²) in [6.45, 7) is 8.86. The molecule has 0 spiro atoms. The highest BCUT2D eigenvalue weighted by molar-refractivity contribution is 6.62. The normalized spacial score (nSPS) is 21.0. The summed E-state index contributed by atoms with van der Waals surface area (Å²) < 4.78 is 18.1. The summed E-state index contributed by atoms with van der Waals surface area (Å²) in [5.41, 5.74) is 3.04. The van der Waals surface area contributed by atoms with E-state index in [0.29, 0.717) is 6.61 Å². The monoisotopic (exact) mass is 350 g/mol. The highest BCUT2D eigenvalue weighted by Gasteiger charge is 2.51. The number of hydrogen-bond donors (Lipinski definition) is 0. The third-order valence-electron chi connectivity index (χ3n) is 5.84. The second kappa shape index (κ2) is 6.43. The molecule has 0 atom stereocenters. The number of benzene rings is 2. The number of ether oxygens (including phenoxy) is 1. The van der Waals surface area contributed by atoms with Crippen LogP contribution in [0.1, 0.15) is 57.6 Å². The van der Waals surface area contributed by atoms with E-state index < -0.39 is 0 Å². The van der Waals surface area contributed by atoms with Gasteiger partial charge in [-0.05, 0) is 75.2 Å². The first-order valence-electron chi connectivity index (χ1n) is 9.51. The fraction of sp³-hybridized carbons (Fsp3) is 0.455. The van der Waals surface area contributed by atoms with Crippen molar-refractivity contribution < 1.29 is 14.0 Å². The molecule has 1 saturated carbocycles. The Bertz CT molecular complexity index is 745. The van der Waals surface area contributed by atoms with Crippen molar-refractivity contribution in [1.82, 2.24) is 0 Å². The van der Waals surface area contributed by atoms with Crippen LogP contribution in [0.15, 0.2) is 48.5 Å². The Kier molecular flexibility index (Phi) is 4.36. The molecule has 2 fully saturated rings. The van der Waals surface area contributed by atoms with E-state index in [1.54, 1.807) is 0 Å². The summed E-state index contributed by atoms with van der Waals surface area (Å²) in [4.78, 5) is 0. The van der Waals surface area contributed by atoms with Gasteiger partial charge in [-0.15, -0.1) is 0 Å². The SMILES string of the molecule is CC1(C)OB(c2ccc(OCc3ccc(C4CC4)cc3)cc2)OC1(C)C. The molecule has 0 N–H and O–H groups in total. The van der Waals surface area contributed by atoms with Gasteiger partial charge in [0, 0.05) is 0 Å². The average Bonchev–Trinajstić information content (AvgIpc) is 3.42. The second-order valence-corrected chi connectivity index (χ2v) is 8.46. The van der Waals surface area contributed by atoms with Crippen LogP contribution in [0.3, 0.4) is 0 Å². The molecule has 3 nitrogen and oxygen atoms in total. The maximum absolute atomic E-state index is 6.09. The second-order valence-electron chi connectivity index (χ2n) is 8.46. The molecule has 1 heterocycles. The Labute approximate surface area is 156 Å². The van der Waals surface area contributed by atoms with Crippen molar-refractivity contribution >= 4 is 12.6 Å². The zero-order valence-electron chi connectivity index (χ0n) is 16.1. The molecular formula is C22H27BO3. The molecule has 4 rings (SSSR count). The number of rotatable bonds is 5. The van der Waals surface area contributed by atoms with E-state index in [1.165, 1.54) is 24.0 Å². The van der Waals surface area contributed by atoms with E-state index >= 15 is 0 Å². The van der Waals surface area contributed by atoms with Crippen molar-refractivity contribution in [3.05, 3.63) is 59.7 Å². The van der Waals surface area contributed by atoms with Gasteiger partial charge in [0.2, 0.25) is 0 Å². The largest absolute Gasteiger partial charge is 0.494 e. The van der Waals surface area contributed by atoms with Gasteiger partial charge in [0.1, 0.15) is 12.4 Å². The van der Waals surface area contributed by atoms with E-state index in [1.807, 2.05) is 24.3 Å². The maximum atomic E-state index is 6.09. The van der Waals surface area contributed by atoms with Crippen molar-refractivity contribution in [3.63, 3.8) is 0 Å². The van der Waals surface area contributed by atoms with Gasteiger partial charge in [-0.25, -0.2) is 0 Å². The van der Waals surface area contributed by atoms with Crippen LogP contribution in [0.5, 0.6) is 5.75 Å². The standard InChI is InChI=1S/C22H27BO3/c1-21(2)22(3,4)26-23(25-21)19-11-13-20(14-12-19)24-15-16-5-7-17(8-6-16)18-9-10-18/h5-8,11-14,18H,9-10,15H2,1-4H3. The molecule has 1 aliphatic heterocycles. The molecule has 1 saturated heterocycles. The Morgan fingerprint density at radius 1 is 0.885 bits per heavy atom. The van der Waals surface area contributed by atoms with Crippen molar-refractivity contribution in [1.29, 1.82) is 0 Å². The lowest BCUT2D eigenvalue weighted by Crippen LogP contribution is -2.41. The van der Waals surface area contributed by atoms with Crippen LogP contribution in [0, 0.1) is 0 Å². The molecule has 2 aromatic carbocycles. The fourth-order valence-corrected chi connectivity index (χ4v) is 3.17. The average molecular weight is 350 g/mol. The fourth-order valence-electron chi connectivity index (χ4n) is 3.17. The molecule has 0 unspecified atom stereocenters. The van der Waals surface area contributed by atoms with E-state index in [2.05, 4.69) is 52.0 Å². The van der Waals surface area contributed by atoms with Crippen molar-refractivity contribution in [2.24, 2.45) is 0 Å². The predicted octanol–water partition coefficient (Wildman–Crippen LogP) is 4.44. The van der Waals surface area contributed by atoms with Crippen molar-refractivity contribution in [3.8, 4) is 5.75 Å². The third kappa shape index (κ3) is 3.53. The summed E-state index contributed by atoms with van der Waals surface area (Å²) in [5, 5.41) is 0. The Morgan fingerprint density at radius 3 is 2.00 bits per heavy atom. The molecular weight excluding hydrogens is 323 g/mol. The van der Waals surface area contributed by atoms with Crippen LogP contribution >= 0.6 is 0 Å². The lowest BCUT2D eigenvalue weighted by atomic mass is 9.79. The van der Waals surface area contributed by atoms with Gasteiger partial charge in [0.15, 0.2) is 0 Å². The van der Waals surface area contributed by atoms with Gasteiger partial charge in [-0.1, -0.05) is 36.4 Å². The Balaban J connectivity index is 1.36. The molecule has 26 heavy (non-hydrogen) atoms. The van der Waals surface area contributed by atoms with E-state index in [4.69, 9.17) is 14.0 Å². The Hall–Kier alpha value is -1.78. The molecule has 4 heteroatoms. The highest BCUT2D eigenvalue weighted by Crippen LogP contribution is 2.40. The Morgan fingerprint density at radius 2 is 1.46 bits per heavy atom. The van der Waals surface area contributed by atoms with Gasteiger partial charge in [-0.3, -0.25) is 0 Å². The van der Waals surface area contributed by atoms with Gasteiger partial charge in [0.05, 0.1) is 11.2 Å². The summed E-state index contributed by atoms with van der Waals surface area (Å²) in [6, 6.07) is 16.8. The molecule has 0 aromatic heterocycles. The molecule has 2 aliphatic rings. The van der Waals surface area contributed by atoms with Crippen molar-refractivity contribution in [2.75, 3.05) is 0 Å². The van der Waals surface area contributed by atoms with Gasteiger partial charge in [0.25, 0.3) is 0 Å². The van der Waals surface area contributed by atoms with E-state index in [9.17, 15) is 0 Å². The lowest BCUT2D eigenvalue weighted by Gasteiger charge is -2.32. The first-order chi connectivity index (χ1) is 12.3. The summed E-state index contributed by atoms with van der Waals surface area (Å²) in [7, 11) is -0.330. The van der Waals surface area contributed by atoms with Crippen LogP contribution < -0.4 is 10.2 Å². The van der Waals surface area contributed by atoms with Gasteiger partial charge in [-0.2, -0.15) is 0 Å². The van der Waals surface area contributed by atoms with Crippen LogP contribution in [0.2, 0.25) is 0 Å². The van der Waals surface area contributed by atoms with Gasteiger partial charge >= 0.3 is 7.12 Å². The van der Waals surface area contributed by atoms with Crippen LogP contribution in [-0.4, -0.2) is 18.3 Å². The van der Waals surface area contributed by atoms with Crippen molar-refractivity contribution in [2.45, 2.75) is 64.3 Å². The minimum atomic E-state index is -0.330. The van der Waals surface area contributed by atoms with Crippen LogP contribution in [-0.2, 0) is 15.9 Å². The third-order valence-corrected chi connectivity index (χ3v) is 5.84. The minimum Gasteiger partial charge on any atom is -0.489 e. The zero-order valence-corrected chi connectivity index (χ0v) is 16.1. The molecule has 0 radical (unpaired) electrons. The molecule has 1 aliphatic carbocycles. The van der Waals surface area contributed by atoms with E-state index in [0.717, 1.165) is 17.1 Å². The summed E-state index contributed by atoms with van der Waals surface area (Å²) in [6.07, 6.45) is 2.68. The molecule has 0 amide bonds. The van der Waals surface area contributed by atoms with E-state index in [-0.39, 0.29) is 18.3 Å². The number of hydrogen-bond acceptors (Lipinski definition) is 3. The lowest BCUT2D eigenvalue weighted by molar-refractivity contribution is 0.00578. The quantitative estimate of drug-likeness (QED) is 0.746. The zero-order chi connectivity index (χ0) is 18.4. The molecule has 0 bridgehead atoms. The summed E-state index contributed by atoms with van der Waals surface area (Å²) >= 11 is 0. The first kappa shape index (κ1) is 17.6. The predicted molar refractivity (Wildman–Crippen MR) is 105 cm³/mol.